The molecule has 0 amide bonds. The molecule has 1 aromatic carbocycles. The average Bonchev–Trinajstić information content (AvgIpc) is 2.25. The van der Waals surface area contributed by atoms with Crippen LogP contribution in [-0.2, 0) is 14.3 Å². The zero-order chi connectivity index (χ0) is 11.8. The van der Waals surface area contributed by atoms with Crippen LogP contribution in [0.3, 0.4) is 0 Å². The highest BCUT2D eigenvalue weighted by Crippen LogP contribution is 2.07. The van der Waals surface area contributed by atoms with Crippen LogP contribution in [0.25, 0.3) is 0 Å². The van der Waals surface area contributed by atoms with Crippen molar-refractivity contribution < 1.29 is 19.1 Å². The van der Waals surface area contributed by atoms with Crippen molar-refractivity contribution >= 4 is 11.8 Å². The van der Waals surface area contributed by atoms with E-state index in [9.17, 15) is 9.59 Å². The Morgan fingerprint density at radius 1 is 1.12 bits per heavy atom. The predicted molar refractivity (Wildman–Crippen MR) is 58.2 cm³/mol. The van der Waals surface area contributed by atoms with Crippen LogP contribution in [0.4, 0.5) is 0 Å². The van der Waals surface area contributed by atoms with Crippen LogP contribution in [0.5, 0.6) is 5.75 Å². The van der Waals surface area contributed by atoms with Crippen molar-refractivity contribution in [2.45, 2.75) is 13.3 Å². The van der Waals surface area contributed by atoms with E-state index in [1.54, 1.807) is 0 Å². The van der Waals surface area contributed by atoms with Crippen molar-refractivity contribution in [3.63, 3.8) is 0 Å². The smallest absolute Gasteiger partial charge is 0.313 e. The Labute approximate surface area is 94.2 Å². The van der Waals surface area contributed by atoms with Gasteiger partial charge in [-0.15, -0.1) is 0 Å². The second-order valence-electron chi connectivity index (χ2n) is 3.26. The molecule has 4 nitrogen and oxygen atoms in total. The Balaban J connectivity index is 2.13. The van der Waals surface area contributed by atoms with E-state index >= 15 is 0 Å². The van der Waals surface area contributed by atoms with Gasteiger partial charge in [-0.05, 0) is 19.1 Å². The summed E-state index contributed by atoms with van der Waals surface area (Å²) in [6.45, 7) is 1.79. The summed E-state index contributed by atoms with van der Waals surface area (Å²) >= 11 is 0. The predicted octanol–water partition coefficient (Wildman–Crippen LogP) is 1.59. The fourth-order valence-corrected chi connectivity index (χ4v) is 1.09. The summed E-state index contributed by atoms with van der Waals surface area (Å²) in [6.07, 6.45) is -0.175. The van der Waals surface area contributed by atoms with Crippen molar-refractivity contribution in [1.29, 1.82) is 0 Å². The molecule has 1 aromatic rings. The average molecular weight is 222 g/mol. The molecule has 0 fully saturated rings. The molecule has 0 atom stereocenters. The maximum atomic E-state index is 11.0. The third kappa shape index (κ3) is 5.14. The maximum Gasteiger partial charge on any atom is 0.313 e. The number of Topliss-reactive ketones (excluding diaryl/α,β-unsaturated/α-hetero) is 1. The number of hydrogen-bond acceptors (Lipinski definition) is 4. The first-order valence-corrected chi connectivity index (χ1v) is 5.01. The second kappa shape index (κ2) is 6.61. The number of hydrogen-bond donors (Lipinski definition) is 0. The van der Waals surface area contributed by atoms with Gasteiger partial charge in [0.05, 0.1) is 0 Å². The highest BCUT2D eigenvalue weighted by atomic mass is 16.6. The topological polar surface area (TPSA) is 52.6 Å². The maximum absolute atomic E-state index is 11.0. The quantitative estimate of drug-likeness (QED) is 0.416. The van der Waals surface area contributed by atoms with E-state index in [1.807, 2.05) is 30.3 Å². The Morgan fingerprint density at radius 2 is 1.81 bits per heavy atom. The second-order valence-corrected chi connectivity index (χ2v) is 3.26. The lowest BCUT2D eigenvalue weighted by atomic mass is 10.3. The molecule has 0 N–H and O–H groups in total. The lowest BCUT2D eigenvalue weighted by molar-refractivity contribution is -0.146. The Morgan fingerprint density at radius 3 is 2.44 bits per heavy atom. The van der Waals surface area contributed by atoms with Crippen molar-refractivity contribution in [2.75, 3.05) is 13.2 Å². The van der Waals surface area contributed by atoms with Crippen molar-refractivity contribution in [3.8, 4) is 5.75 Å². The number of para-hydroxylation sites is 1. The lowest BCUT2D eigenvalue weighted by Crippen LogP contribution is -2.14. The van der Waals surface area contributed by atoms with Gasteiger partial charge in [0.1, 0.15) is 31.2 Å². The molecule has 0 radical (unpaired) electrons. The van der Waals surface area contributed by atoms with Gasteiger partial charge in [-0.1, -0.05) is 18.2 Å². The van der Waals surface area contributed by atoms with Crippen LogP contribution in [0.15, 0.2) is 30.3 Å². The highest BCUT2D eigenvalue weighted by Gasteiger charge is 2.05. The van der Waals surface area contributed by atoms with Gasteiger partial charge in [0.15, 0.2) is 0 Å². The van der Waals surface area contributed by atoms with Crippen molar-refractivity contribution in [3.05, 3.63) is 30.3 Å². The van der Waals surface area contributed by atoms with E-state index in [4.69, 9.17) is 9.47 Å². The minimum atomic E-state index is -0.510. The molecular weight excluding hydrogens is 208 g/mol. The van der Waals surface area contributed by atoms with Gasteiger partial charge in [-0.2, -0.15) is 0 Å². The summed E-state index contributed by atoms with van der Waals surface area (Å²) in [5, 5.41) is 0. The van der Waals surface area contributed by atoms with E-state index in [2.05, 4.69) is 0 Å². The molecule has 0 aliphatic rings. The van der Waals surface area contributed by atoms with Gasteiger partial charge in [0.25, 0.3) is 0 Å². The first-order chi connectivity index (χ1) is 7.68. The van der Waals surface area contributed by atoms with Crippen LogP contribution in [0.1, 0.15) is 13.3 Å². The summed E-state index contributed by atoms with van der Waals surface area (Å²) in [5.41, 5.74) is 0. The van der Waals surface area contributed by atoms with Crippen LogP contribution >= 0.6 is 0 Å². The normalized spacial score (nSPS) is 9.56. The highest BCUT2D eigenvalue weighted by molar-refractivity contribution is 5.94. The zero-order valence-corrected chi connectivity index (χ0v) is 9.14. The number of benzene rings is 1. The van der Waals surface area contributed by atoms with Crippen LogP contribution in [0.2, 0.25) is 0 Å². The number of ether oxygens (including phenoxy) is 2. The van der Waals surface area contributed by atoms with Crippen LogP contribution in [0, 0.1) is 0 Å². The largest absolute Gasteiger partial charge is 0.490 e. The van der Waals surface area contributed by atoms with Crippen molar-refractivity contribution in [1.82, 2.24) is 0 Å². The molecule has 0 aliphatic carbocycles. The Kier molecular flexibility index (Phi) is 5.05. The molecule has 0 spiro atoms. The minimum Gasteiger partial charge on any atom is -0.490 e. The lowest BCUT2D eigenvalue weighted by Gasteiger charge is -2.06. The molecule has 0 saturated carbocycles. The monoisotopic (exact) mass is 222 g/mol. The molecule has 0 saturated heterocycles. The van der Waals surface area contributed by atoms with Crippen LogP contribution < -0.4 is 4.74 Å². The van der Waals surface area contributed by atoms with Gasteiger partial charge < -0.3 is 9.47 Å². The Bertz CT molecular complexity index is 345. The van der Waals surface area contributed by atoms with Gasteiger partial charge in [0.2, 0.25) is 0 Å². The molecule has 86 valence electrons. The standard InChI is InChI=1S/C12H14O4/c1-10(13)9-12(14)16-8-7-15-11-5-3-2-4-6-11/h2-6H,7-9H2,1H3. The summed E-state index contributed by atoms with van der Waals surface area (Å²) in [4.78, 5) is 21.5. The molecule has 0 aromatic heterocycles. The third-order valence-electron chi connectivity index (χ3n) is 1.75. The Hall–Kier alpha value is -1.84. The zero-order valence-electron chi connectivity index (χ0n) is 9.14. The molecule has 0 bridgehead atoms. The summed E-state index contributed by atoms with van der Waals surface area (Å²) in [5.74, 6) is 0.0169. The van der Waals surface area contributed by atoms with Gasteiger partial charge >= 0.3 is 5.97 Å². The van der Waals surface area contributed by atoms with Gasteiger partial charge in [-0.25, -0.2) is 0 Å². The minimum absolute atomic E-state index is 0.154. The van der Waals surface area contributed by atoms with E-state index < -0.39 is 5.97 Å². The molecule has 16 heavy (non-hydrogen) atoms. The third-order valence-corrected chi connectivity index (χ3v) is 1.75. The van der Waals surface area contributed by atoms with Crippen LogP contribution in [-0.4, -0.2) is 25.0 Å². The number of carbonyl (C=O) groups is 2. The van der Waals surface area contributed by atoms with E-state index in [1.165, 1.54) is 6.92 Å². The van der Waals surface area contributed by atoms with Gasteiger partial charge in [0, 0.05) is 0 Å². The fourth-order valence-electron chi connectivity index (χ4n) is 1.09. The van der Waals surface area contributed by atoms with Crippen molar-refractivity contribution in [2.24, 2.45) is 0 Å². The molecule has 1 rings (SSSR count). The number of esters is 1. The number of carbonyl (C=O) groups excluding carboxylic acids is 2. The first-order valence-electron chi connectivity index (χ1n) is 5.01. The van der Waals surface area contributed by atoms with E-state index in [0.29, 0.717) is 0 Å². The SMILES string of the molecule is CC(=O)CC(=O)OCCOc1ccccc1. The summed E-state index contributed by atoms with van der Waals surface area (Å²) < 4.78 is 10.1. The molecule has 0 aliphatic heterocycles. The van der Waals surface area contributed by atoms with E-state index in [0.717, 1.165) is 5.75 Å². The van der Waals surface area contributed by atoms with E-state index in [-0.39, 0.29) is 25.4 Å². The molecule has 0 unspecified atom stereocenters. The number of rotatable bonds is 6. The summed E-state index contributed by atoms with van der Waals surface area (Å²) in [7, 11) is 0. The number of ketones is 1. The molecular formula is C12H14O4. The molecule has 4 heteroatoms. The fraction of sp³-hybridized carbons (Fsp3) is 0.333. The van der Waals surface area contributed by atoms with Gasteiger partial charge in [-0.3, -0.25) is 9.59 Å². The summed E-state index contributed by atoms with van der Waals surface area (Å²) in [6, 6.07) is 9.24. The molecule has 0 heterocycles. The first kappa shape index (κ1) is 12.2.